The van der Waals surface area contributed by atoms with E-state index in [2.05, 4.69) is 10.4 Å². The Labute approximate surface area is 122 Å². The van der Waals surface area contributed by atoms with Crippen LogP contribution in [0.1, 0.15) is 25.7 Å². The fourth-order valence-electron chi connectivity index (χ4n) is 2.54. The van der Waals surface area contributed by atoms with E-state index in [1.54, 1.807) is 6.07 Å². The molecule has 1 heterocycles. The number of nitrogens with two attached hydrogens (primary N) is 1. The molecule has 1 fully saturated rings. The van der Waals surface area contributed by atoms with Crippen molar-refractivity contribution in [3.8, 4) is 0 Å². The predicted molar refractivity (Wildman–Crippen MR) is 78.8 cm³/mol. The normalized spacial score (nSPS) is 15.8. The molecular formula is C12H18Cl2N4O. The van der Waals surface area contributed by atoms with E-state index in [-0.39, 0.29) is 6.61 Å². The van der Waals surface area contributed by atoms with Crippen LogP contribution in [0.15, 0.2) is 6.07 Å². The zero-order valence-corrected chi connectivity index (χ0v) is 12.1. The Morgan fingerprint density at radius 1 is 1.37 bits per heavy atom. The average Bonchev–Trinajstić information content (AvgIpc) is 2.90. The van der Waals surface area contributed by atoms with Gasteiger partial charge < -0.3 is 15.4 Å². The lowest BCUT2D eigenvalue weighted by Gasteiger charge is -2.30. The number of nitrogen functional groups attached to an aromatic ring is 1. The molecule has 2 rings (SSSR count). The summed E-state index contributed by atoms with van der Waals surface area (Å²) in [7, 11) is 0. The topological polar surface area (TPSA) is 74.4 Å². The van der Waals surface area contributed by atoms with Crippen molar-refractivity contribution < 1.29 is 5.11 Å². The van der Waals surface area contributed by atoms with Crippen LogP contribution in [0.3, 0.4) is 0 Å². The zero-order chi connectivity index (χ0) is 13.8. The number of aromatic nitrogens is 1. The van der Waals surface area contributed by atoms with E-state index in [0.29, 0.717) is 34.3 Å². The van der Waals surface area contributed by atoms with Gasteiger partial charge in [-0.25, -0.2) is 10.8 Å². The Balaban J connectivity index is 2.34. The highest BCUT2D eigenvalue weighted by Crippen LogP contribution is 2.35. The summed E-state index contributed by atoms with van der Waals surface area (Å²) in [4.78, 5) is 6.42. The van der Waals surface area contributed by atoms with Gasteiger partial charge >= 0.3 is 0 Å². The molecule has 0 unspecified atom stereocenters. The van der Waals surface area contributed by atoms with Crippen molar-refractivity contribution in [1.29, 1.82) is 0 Å². The fourth-order valence-corrected chi connectivity index (χ4v) is 3.07. The van der Waals surface area contributed by atoms with Crippen LogP contribution in [0.5, 0.6) is 0 Å². The van der Waals surface area contributed by atoms with E-state index in [9.17, 15) is 5.11 Å². The summed E-state index contributed by atoms with van der Waals surface area (Å²) < 4.78 is 0. The van der Waals surface area contributed by atoms with Crippen LogP contribution in [-0.4, -0.2) is 29.3 Å². The molecule has 5 nitrogen and oxygen atoms in total. The third-order valence-corrected chi connectivity index (χ3v) is 3.99. The summed E-state index contributed by atoms with van der Waals surface area (Å²) in [6.07, 6.45) is 4.57. The highest BCUT2D eigenvalue weighted by atomic mass is 35.5. The van der Waals surface area contributed by atoms with Crippen molar-refractivity contribution >= 4 is 34.8 Å². The number of rotatable bonds is 5. The van der Waals surface area contributed by atoms with E-state index in [1.807, 2.05) is 4.90 Å². The Kier molecular flexibility index (Phi) is 5.10. The van der Waals surface area contributed by atoms with Crippen LogP contribution in [-0.2, 0) is 0 Å². The largest absolute Gasteiger partial charge is 0.395 e. The zero-order valence-electron chi connectivity index (χ0n) is 10.6. The Morgan fingerprint density at radius 2 is 2.05 bits per heavy atom. The maximum absolute atomic E-state index is 9.25. The van der Waals surface area contributed by atoms with Gasteiger partial charge in [0, 0.05) is 12.6 Å². The van der Waals surface area contributed by atoms with Crippen molar-refractivity contribution in [1.82, 2.24) is 4.98 Å². The first-order chi connectivity index (χ1) is 9.17. The summed E-state index contributed by atoms with van der Waals surface area (Å²) in [5.74, 6) is 6.40. The maximum Gasteiger partial charge on any atom is 0.161 e. The third kappa shape index (κ3) is 3.23. The molecule has 1 saturated carbocycles. The molecule has 7 heteroatoms. The number of hydrogen-bond donors (Lipinski definition) is 3. The molecule has 1 aliphatic carbocycles. The Bertz CT molecular complexity index is 438. The number of nitrogens with zero attached hydrogens (tertiary/aromatic N) is 2. The lowest BCUT2D eigenvalue weighted by atomic mass is 10.2. The van der Waals surface area contributed by atoms with Crippen molar-refractivity contribution in [3.63, 3.8) is 0 Å². The van der Waals surface area contributed by atoms with Crippen LogP contribution in [0, 0.1) is 0 Å². The molecule has 106 valence electrons. The quantitative estimate of drug-likeness (QED) is 0.575. The van der Waals surface area contributed by atoms with Gasteiger partial charge in [-0.2, -0.15) is 0 Å². The van der Waals surface area contributed by atoms with Gasteiger partial charge in [0.2, 0.25) is 0 Å². The average molecular weight is 305 g/mol. The lowest BCUT2D eigenvalue weighted by molar-refractivity contribution is 0.297. The first-order valence-electron chi connectivity index (χ1n) is 6.37. The van der Waals surface area contributed by atoms with Gasteiger partial charge in [-0.3, -0.25) is 0 Å². The minimum absolute atomic E-state index is 0.0581. The van der Waals surface area contributed by atoms with Crippen molar-refractivity contribution in [2.45, 2.75) is 31.7 Å². The lowest BCUT2D eigenvalue weighted by Crippen LogP contribution is -2.36. The molecule has 4 N–H and O–H groups in total. The summed E-state index contributed by atoms with van der Waals surface area (Å²) in [6, 6.07) is 1.99. The van der Waals surface area contributed by atoms with Gasteiger partial charge in [-0.15, -0.1) is 0 Å². The SMILES string of the molecule is NNc1nc(N(CCO)C2CCCC2)c(Cl)cc1Cl. The maximum atomic E-state index is 9.25. The summed E-state index contributed by atoms with van der Waals surface area (Å²) in [5.41, 5.74) is 2.46. The van der Waals surface area contributed by atoms with Gasteiger partial charge in [0.1, 0.15) is 5.82 Å². The van der Waals surface area contributed by atoms with Gasteiger partial charge in [0.15, 0.2) is 5.82 Å². The first kappa shape index (κ1) is 14.7. The van der Waals surface area contributed by atoms with Crippen LogP contribution in [0.2, 0.25) is 10.0 Å². The molecule has 0 amide bonds. The van der Waals surface area contributed by atoms with Crippen LogP contribution < -0.4 is 16.2 Å². The van der Waals surface area contributed by atoms with Gasteiger partial charge in [0.25, 0.3) is 0 Å². The molecular weight excluding hydrogens is 287 g/mol. The minimum atomic E-state index is 0.0581. The molecule has 0 radical (unpaired) electrons. The molecule has 0 atom stereocenters. The monoisotopic (exact) mass is 304 g/mol. The summed E-state index contributed by atoms with van der Waals surface area (Å²) >= 11 is 12.2. The molecule has 0 aromatic carbocycles. The van der Waals surface area contributed by atoms with Gasteiger partial charge in [-0.05, 0) is 18.9 Å². The van der Waals surface area contributed by atoms with Crippen LogP contribution >= 0.6 is 23.2 Å². The molecule has 19 heavy (non-hydrogen) atoms. The number of hydrogen-bond acceptors (Lipinski definition) is 5. The van der Waals surface area contributed by atoms with E-state index in [4.69, 9.17) is 29.0 Å². The number of aliphatic hydroxyl groups excluding tert-OH is 1. The molecule has 0 bridgehead atoms. The number of aliphatic hydroxyl groups is 1. The smallest absolute Gasteiger partial charge is 0.161 e. The molecule has 1 aliphatic rings. The number of anilines is 2. The number of halogens is 2. The minimum Gasteiger partial charge on any atom is -0.395 e. The highest BCUT2D eigenvalue weighted by molar-refractivity contribution is 6.37. The second-order valence-corrected chi connectivity index (χ2v) is 5.44. The van der Waals surface area contributed by atoms with Crippen LogP contribution in [0.25, 0.3) is 0 Å². The van der Waals surface area contributed by atoms with Gasteiger partial charge in [0.05, 0.1) is 16.7 Å². The highest BCUT2D eigenvalue weighted by Gasteiger charge is 2.25. The second-order valence-electron chi connectivity index (χ2n) is 4.62. The molecule has 0 saturated heterocycles. The van der Waals surface area contributed by atoms with Crippen LogP contribution in [0.4, 0.5) is 11.6 Å². The van der Waals surface area contributed by atoms with Gasteiger partial charge in [-0.1, -0.05) is 36.0 Å². The fraction of sp³-hybridized carbons (Fsp3) is 0.583. The van der Waals surface area contributed by atoms with E-state index in [1.165, 1.54) is 12.8 Å². The summed E-state index contributed by atoms with van der Waals surface area (Å²) in [5, 5.41) is 10.1. The summed E-state index contributed by atoms with van der Waals surface area (Å²) in [6.45, 7) is 0.561. The third-order valence-electron chi connectivity index (χ3n) is 3.43. The molecule has 1 aromatic rings. The van der Waals surface area contributed by atoms with E-state index in [0.717, 1.165) is 12.8 Å². The Morgan fingerprint density at radius 3 is 2.63 bits per heavy atom. The standard InChI is InChI=1S/C12H18Cl2N4O/c13-9-7-10(14)12(16-11(9)17-15)18(5-6-19)8-3-1-2-4-8/h7-8,19H,1-6,15H2,(H,16,17). The molecule has 1 aromatic heterocycles. The van der Waals surface area contributed by atoms with Crippen molar-refractivity contribution in [2.24, 2.45) is 5.84 Å². The second kappa shape index (κ2) is 6.61. The van der Waals surface area contributed by atoms with E-state index < -0.39 is 0 Å². The Hall–Kier alpha value is -0.750. The van der Waals surface area contributed by atoms with Crippen molar-refractivity contribution in [3.05, 3.63) is 16.1 Å². The first-order valence-corrected chi connectivity index (χ1v) is 7.13. The van der Waals surface area contributed by atoms with E-state index >= 15 is 0 Å². The number of nitrogens with one attached hydrogen (secondary N) is 1. The number of hydrazine groups is 1. The molecule has 0 aliphatic heterocycles. The molecule has 0 spiro atoms. The number of pyridine rings is 1. The predicted octanol–water partition coefficient (Wildman–Crippen LogP) is 2.42. The van der Waals surface area contributed by atoms with Crippen molar-refractivity contribution in [2.75, 3.05) is 23.5 Å².